The van der Waals surface area contributed by atoms with Crippen LogP contribution in [0.25, 0.3) is 0 Å². The number of benzene rings is 1. The zero-order valence-corrected chi connectivity index (χ0v) is 12.3. The number of nitro benzene ring substituents is 1. The Morgan fingerprint density at radius 2 is 2.18 bits per heavy atom. The molecule has 1 unspecified atom stereocenters. The van der Waals surface area contributed by atoms with Gasteiger partial charge in [-0.05, 0) is 19.4 Å². The van der Waals surface area contributed by atoms with E-state index in [1.807, 2.05) is 6.92 Å². The molecule has 2 aliphatic rings. The molecular formula is C15H18N2O5. The molecule has 0 spiro atoms. The number of aliphatic hydroxyl groups excluding tert-OH is 1. The summed E-state index contributed by atoms with van der Waals surface area (Å²) in [6.45, 7) is 2.25. The molecule has 1 saturated heterocycles. The summed E-state index contributed by atoms with van der Waals surface area (Å²) >= 11 is 0. The zero-order chi connectivity index (χ0) is 15.9. The molecular weight excluding hydrogens is 288 g/mol. The fourth-order valence-corrected chi connectivity index (χ4v) is 3.28. The molecule has 118 valence electrons. The largest absolute Gasteiger partial charge is 0.493 e. The number of non-ortho nitro benzene ring substituents is 1. The standard InChI is InChI=1S/C15H18N2O5/c1-9-2-5-14(19)16(9)15-11-8-10(17(20)21)3-4-13(11)22-7-6-12(15)18/h3-4,8-9,12,15,18H,2,5-7H2,1H3/t9?,12-,15-/m1/s1. The van der Waals surface area contributed by atoms with Crippen LogP contribution in [0, 0.1) is 10.1 Å². The highest BCUT2D eigenvalue weighted by molar-refractivity contribution is 5.79. The van der Waals surface area contributed by atoms with E-state index in [1.54, 1.807) is 11.0 Å². The second-order valence-corrected chi connectivity index (χ2v) is 5.82. The molecule has 0 radical (unpaired) electrons. The third-order valence-electron chi connectivity index (χ3n) is 4.40. The first-order chi connectivity index (χ1) is 10.5. The number of rotatable bonds is 2. The zero-order valence-electron chi connectivity index (χ0n) is 12.3. The number of aliphatic hydroxyl groups is 1. The van der Waals surface area contributed by atoms with Gasteiger partial charge < -0.3 is 14.7 Å². The number of nitro groups is 1. The first-order valence-electron chi connectivity index (χ1n) is 7.39. The number of carbonyl (C=O) groups is 1. The van der Waals surface area contributed by atoms with E-state index in [-0.39, 0.29) is 17.6 Å². The van der Waals surface area contributed by atoms with E-state index in [2.05, 4.69) is 0 Å². The number of hydrogen-bond donors (Lipinski definition) is 1. The summed E-state index contributed by atoms with van der Waals surface area (Å²) < 4.78 is 5.59. The van der Waals surface area contributed by atoms with Crippen LogP contribution >= 0.6 is 0 Å². The van der Waals surface area contributed by atoms with Gasteiger partial charge in [0, 0.05) is 36.6 Å². The molecule has 0 aromatic heterocycles. The van der Waals surface area contributed by atoms with Crippen molar-refractivity contribution in [2.75, 3.05) is 6.61 Å². The molecule has 1 aromatic rings. The Labute approximate surface area is 127 Å². The van der Waals surface area contributed by atoms with E-state index in [1.165, 1.54) is 12.1 Å². The topological polar surface area (TPSA) is 92.9 Å². The fourth-order valence-electron chi connectivity index (χ4n) is 3.28. The van der Waals surface area contributed by atoms with Crippen LogP contribution in [-0.2, 0) is 4.79 Å². The summed E-state index contributed by atoms with van der Waals surface area (Å²) in [4.78, 5) is 24.4. The molecule has 0 bridgehead atoms. The highest BCUT2D eigenvalue weighted by Gasteiger charge is 2.41. The molecule has 0 saturated carbocycles. The van der Waals surface area contributed by atoms with E-state index in [0.717, 1.165) is 6.42 Å². The van der Waals surface area contributed by atoms with E-state index in [4.69, 9.17) is 4.74 Å². The average molecular weight is 306 g/mol. The Kier molecular flexibility index (Phi) is 3.74. The maximum Gasteiger partial charge on any atom is 0.270 e. The summed E-state index contributed by atoms with van der Waals surface area (Å²) in [5, 5.41) is 21.5. The van der Waals surface area contributed by atoms with Gasteiger partial charge in [0.2, 0.25) is 5.91 Å². The number of ether oxygens (including phenoxy) is 1. The minimum absolute atomic E-state index is 0.00244. The lowest BCUT2D eigenvalue weighted by Gasteiger charge is -2.34. The van der Waals surface area contributed by atoms with Gasteiger partial charge in [-0.3, -0.25) is 14.9 Å². The normalized spacial score (nSPS) is 28.0. The molecule has 2 heterocycles. The van der Waals surface area contributed by atoms with Crippen LogP contribution in [0.5, 0.6) is 5.75 Å². The highest BCUT2D eigenvalue weighted by atomic mass is 16.6. The minimum Gasteiger partial charge on any atom is -0.493 e. The first kappa shape index (κ1) is 14.8. The molecule has 1 amide bonds. The van der Waals surface area contributed by atoms with Gasteiger partial charge in [0.1, 0.15) is 5.75 Å². The second-order valence-electron chi connectivity index (χ2n) is 5.82. The van der Waals surface area contributed by atoms with Gasteiger partial charge in [0.25, 0.3) is 5.69 Å². The molecule has 1 aromatic carbocycles. The second kappa shape index (κ2) is 5.57. The van der Waals surface area contributed by atoms with Gasteiger partial charge in [-0.2, -0.15) is 0 Å². The first-order valence-corrected chi connectivity index (χ1v) is 7.39. The van der Waals surface area contributed by atoms with Crippen molar-refractivity contribution in [3.63, 3.8) is 0 Å². The van der Waals surface area contributed by atoms with Gasteiger partial charge in [0.05, 0.1) is 23.7 Å². The molecule has 1 fully saturated rings. The molecule has 1 N–H and O–H groups in total. The predicted octanol–water partition coefficient (Wildman–Crippen LogP) is 1.79. The third-order valence-corrected chi connectivity index (χ3v) is 4.40. The number of likely N-dealkylation sites (tertiary alicyclic amines) is 1. The SMILES string of the molecule is CC1CCC(=O)N1[C@@H]1c2cc([N+](=O)[O-])ccc2OCC[C@H]1O. The Hall–Kier alpha value is -2.15. The predicted molar refractivity (Wildman–Crippen MR) is 77.5 cm³/mol. The molecule has 7 nitrogen and oxygen atoms in total. The molecule has 22 heavy (non-hydrogen) atoms. The number of fused-ring (bicyclic) bond motifs is 1. The molecule has 0 aliphatic carbocycles. The maximum absolute atomic E-state index is 12.2. The van der Waals surface area contributed by atoms with Crippen molar-refractivity contribution in [1.82, 2.24) is 4.90 Å². The Morgan fingerprint density at radius 3 is 2.82 bits per heavy atom. The number of amides is 1. The minimum atomic E-state index is -0.798. The van der Waals surface area contributed by atoms with Crippen LogP contribution in [-0.4, -0.2) is 39.6 Å². The van der Waals surface area contributed by atoms with Crippen molar-refractivity contribution in [3.05, 3.63) is 33.9 Å². The fraction of sp³-hybridized carbons (Fsp3) is 0.533. The van der Waals surface area contributed by atoms with Crippen molar-refractivity contribution >= 4 is 11.6 Å². The lowest BCUT2D eigenvalue weighted by atomic mass is 9.96. The van der Waals surface area contributed by atoms with E-state index < -0.39 is 17.1 Å². The van der Waals surface area contributed by atoms with Crippen LogP contribution in [0.15, 0.2) is 18.2 Å². The van der Waals surface area contributed by atoms with Gasteiger partial charge >= 0.3 is 0 Å². The smallest absolute Gasteiger partial charge is 0.270 e. The van der Waals surface area contributed by atoms with Crippen LogP contribution in [0.1, 0.15) is 37.8 Å². The van der Waals surface area contributed by atoms with Crippen LogP contribution in [0.3, 0.4) is 0 Å². The Morgan fingerprint density at radius 1 is 1.41 bits per heavy atom. The van der Waals surface area contributed by atoms with Crippen molar-refractivity contribution < 1.29 is 19.6 Å². The molecule has 3 rings (SSSR count). The quantitative estimate of drug-likeness (QED) is 0.664. The van der Waals surface area contributed by atoms with Crippen LogP contribution in [0.4, 0.5) is 5.69 Å². The number of nitrogens with zero attached hydrogens (tertiary/aromatic N) is 2. The molecule has 7 heteroatoms. The number of hydrogen-bond acceptors (Lipinski definition) is 5. The molecule has 3 atom stereocenters. The van der Waals surface area contributed by atoms with E-state index in [9.17, 15) is 20.0 Å². The highest BCUT2D eigenvalue weighted by Crippen LogP contribution is 2.41. The van der Waals surface area contributed by atoms with Crippen molar-refractivity contribution in [2.24, 2.45) is 0 Å². The van der Waals surface area contributed by atoms with E-state index in [0.29, 0.717) is 30.8 Å². The Bertz CT molecular complexity index is 618. The van der Waals surface area contributed by atoms with Crippen molar-refractivity contribution in [2.45, 2.75) is 44.4 Å². The summed E-state index contributed by atoms with van der Waals surface area (Å²) in [5.41, 5.74) is 0.446. The van der Waals surface area contributed by atoms with Crippen LogP contribution in [0.2, 0.25) is 0 Å². The number of carbonyl (C=O) groups excluding carboxylic acids is 1. The van der Waals surface area contributed by atoms with Gasteiger partial charge in [-0.1, -0.05) is 0 Å². The van der Waals surface area contributed by atoms with Crippen LogP contribution < -0.4 is 4.74 Å². The lowest BCUT2D eigenvalue weighted by molar-refractivity contribution is -0.385. The monoisotopic (exact) mass is 306 g/mol. The van der Waals surface area contributed by atoms with Crippen molar-refractivity contribution in [3.8, 4) is 5.75 Å². The van der Waals surface area contributed by atoms with Gasteiger partial charge in [-0.25, -0.2) is 0 Å². The maximum atomic E-state index is 12.2. The van der Waals surface area contributed by atoms with E-state index >= 15 is 0 Å². The average Bonchev–Trinajstić information content (AvgIpc) is 2.71. The van der Waals surface area contributed by atoms with Gasteiger partial charge in [-0.15, -0.1) is 0 Å². The Balaban J connectivity index is 2.10. The van der Waals surface area contributed by atoms with Crippen molar-refractivity contribution in [1.29, 1.82) is 0 Å². The lowest BCUT2D eigenvalue weighted by Crippen LogP contribution is -2.41. The van der Waals surface area contributed by atoms with Gasteiger partial charge in [0.15, 0.2) is 0 Å². The summed E-state index contributed by atoms with van der Waals surface area (Å²) in [6, 6.07) is 3.74. The summed E-state index contributed by atoms with van der Waals surface area (Å²) in [6.07, 6.45) is 0.750. The third kappa shape index (κ3) is 2.41. The molecule has 2 aliphatic heterocycles. The summed E-state index contributed by atoms with van der Waals surface area (Å²) in [7, 11) is 0. The summed E-state index contributed by atoms with van der Waals surface area (Å²) in [5.74, 6) is 0.468.